The molecule has 5 heteroatoms. The van der Waals surface area contributed by atoms with E-state index < -0.39 is 6.10 Å². The predicted octanol–water partition coefficient (Wildman–Crippen LogP) is 2.32. The van der Waals surface area contributed by atoms with E-state index in [2.05, 4.69) is 10.3 Å². The summed E-state index contributed by atoms with van der Waals surface area (Å²) in [6.07, 6.45) is 1.98. The summed E-state index contributed by atoms with van der Waals surface area (Å²) in [5.74, 6) is -0.0391. The maximum absolute atomic E-state index is 12.5. The molecule has 0 spiro atoms. The number of rotatable bonds is 6. The molecule has 1 atom stereocenters. The van der Waals surface area contributed by atoms with Crippen molar-refractivity contribution in [1.82, 2.24) is 15.0 Å². The van der Waals surface area contributed by atoms with Gasteiger partial charge in [-0.05, 0) is 18.8 Å². The maximum Gasteiger partial charge on any atom is 0.211 e. The second-order valence-corrected chi connectivity index (χ2v) is 5.41. The number of hydrogen-bond acceptors (Lipinski definition) is 4. The van der Waals surface area contributed by atoms with Crippen LogP contribution in [-0.2, 0) is 11.3 Å². The Morgan fingerprint density at radius 1 is 1.44 bits per heavy atom. The molecule has 0 radical (unpaired) electrons. The van der Waals surface area contributed by atoms with E-state index in [1.807, 2.05) is 34.6 Å². The normalized spacial score (nSPS) is 13.6. The van der Waals surface area contributed by atoms with Crippen molar-refractivity contribution in [3.05, 3.63) is 11.9 Å². The standard InChI is InChI=1S/C13H23N3O2/c1-6-8-16-10(9-14-15-16)11(17)12(18-7-2)13(3,4)5/h9,12H,6-8H2,1-5H3. The van der Waals surface area contributed by atoms with E-state index in [1.54, 1.807) is 4.68 Å². The number of Topliss-reactive ketones (excluding diaryl/α,β-unsaturated/α-hetero) is 1. The molecule has 1 heterocycles. The van der Waals surface area contributed by atoms with Gasteiger partial charge in [-0.25, -0.2) is 4.68 Å². The molecule has 0 aliphatic rings. The van der Waals surface area contributed by atoms with Crippen molar-refractivity contribution < 1.29 is 9.53 Å². The Labute approximate surface area is 109 Å². The number of aryl methyl sites for hydroxylation is 1. The second-order valence-electron chi connectivity index (χ2n) is 5.41. The van der Waals surface area contributed by atoms with Crippen LogP contribution >= 0.6 is 0 Å². The van der Waals surface area contributed by atoms with Crippen LogP contribution < -0.4 is 0 Å². The Morgan fingerprint density at radius 3 is 2.61 bits per heavy atom. The van der Waals surface area contributed by atoms with Gasteiger partial charge in [0.15, 0.2) is 0 Å². The van der Waals surface area contributed by atoms with Gasteiger partial charge in [0.05, 0.1) is 6.20 Å². The monoisotopic (exact) mass is 253 g/mol. The van der Waals surface area contributed by atoms with Crippen LogP contribution in [0.3, 0.4) is 0 Å². The van der Waals surface area contributed by atoms with Crippen molar-refractivity contribution in [3.8, 4) is 0 Å². The molecule has 0 aliphatic carbocycles. The predicted molar refractivity (Wildman–Crippen MR) is 69.5 cm³/mol. The van der Waals surface area contributed by atoms with E-state index in [1.165, 1.54) is 6.20 Å². The average Bonchev–Trinajstić information content (AvgIpc) is 2.72. The molecule has 102 valence electrons. The molecule has 5 nitrogen and oxygen atoms in total. The molecule has 0 aliphatic heterocycles. The zero-order valence-electron chi connectivity index (χ0n) is 11.9. The summed E-state index contributed by atoms with van der Waals surface area (Å²) < 4.78 is 7.26. The Hall–Kier alpha value is -1.23. The maximum atomic E-state index is 12.5. The summed E-state index contributed by atoms with van der Waals surface area (Å²) in [4.78, 5) is 12.5. The van der Waals surface area contributed by atoms with Crippen molar-refractivity contribution in [1.29, 1.82) is 0 Å². The van der Waals surface area contributed by atoms with Gasteiger partial charge in [0.25, 0.3) is 0 Å². The quantitative estimate of drug-likeness (QED) is 0.730. The van der Waals surface area contributed by atoms with Gasteiger partial charge < -0.3 is 4.74 Å². The third-order valence-corrected chi connectivity index (χ3v) is 2.66. The van der Waals surface area contributed by atoms with E-state index >= 15 is 0 Å². The van der Waals surface area contributed by atoms with Gasteiger partial charge in [0.2, 0.25) is 5.78 Å². The molecule has 0 amide bonds. The minimum absolute atomic E-state index is 0.0391. The SMILES string of the molecule is CCCn1nncc1C(=O)C(OCC)C(C)(C)C. The van der Waals surface area contributed by atoms with E-state index in [0.717, 1.165) is 6.42 Å². The largest absolute Gasteiger partial charge is 0.370 e. The molecule has 1 rings (SSSR count). The Bertz CT molecular complexity index is 393. The fourth-order valence-electron chi connectivity index (χ4n) is 1.85. The number of nitrogens with zero attached hydrogens (tertiary/aromatic N) is 3. The van der Waals surface area contributed by atoms with Crippen LogP contribution in [0.2, 0.25) is 0 Å². The molecule has 18 heavy (non-hydrogen) atoms. The zero-order chi connectivity index (χ0) is 13.8. The highest BCUT2D eigenvalue weighted by Gasteiger charge is 2.34. The highest BCUT2D eigenvalue weighted by molar-refractivity contribution is 5.98. The lowest BCUT2D eigenvalue weighted by Crippen LogP contribution is -2.38. The lowest BCUT2D eigenvalue weighted by molar-refractivity contribution is -0.000937. The van der Waals surface area contributed by atoms with Crippen molar-refractivity contribution in [2.24, 2.45) is 5.41 Å². The van der Waals surface area contributed by atoms with Crippen molar-refractivity contribution >= 4 is 5.78 Å². The summed E-state index contributed by atoms with van der Waals surface area (Å²) >= 11 is 0. The number of carbonyl (C=O) groups excluding carboxylic acids is 1. The van der Waals surface area contributed by atoms with Crippen LogP contribution in [0.25, 0.3) is 0 Å². The van der Waals surface area contributed by atoms with Crippen LogP contribution in [0.4, 0.5) is 0 Å². The first-order valence-electron chi connectivity index (χ1n) is 6.46. The topological polar surface area (TPSA) is 57.0 Å². The molecule has 0 saturated carbocycles. The molecule has 1 aromatic heterocycles. The Kier molecular flexibility index (Phi) is 5.02. The number of hydrogen-bond donors (Lipinski definition) is 0. The van der Waals surface area contributed by atoms with E-state index in [0.29, 0.717) is 18.8 Å². The third-order valence-electron chi connectivity index (χ3n) is 2.66. The average molecular weight is 253 g/mol. The summed E-state index contributed by atoms with van der Waals surface area (Å²) in [6.45, 7) is 11.2. The van der Waals surface area contributed by atoms with E-state index in [-0.39, 0.29) is 11.2 Å². The van der Waals surface area contributed by atoms with Gasteiger partial charge in [-0.1, -0.05) is 32.9 Å². The van der Waals surface area contributed by atoms with Crippen LogP contribution in [0.5, 0.6) is 0 Å². The number of aromatic nitrogens is 3. The van der Waals surface area contributed by atoms with E-state index in [4.69, 9.17) is 4.74 Å². The molecule has 1 aromatic rings. The lowest BCUT2D eigenvalue weighted by Gasteiger charge is -2.28. The summed E-state index contributed by atoms with van der Waals surface area (Å²) in [6, 6.07) is 0. The highest BCUT2D eigenvalue weighted by atomic mass is 16.5. The minimum Gasteiger partial charge on any atom is -0.370 e. The first-order valence-corrected chi connectivity index (χ1v) is 6.46. The third kappa shape index (κ3) is 3.38. The molecular formula is C13H23N3O2. The van der Waals surface area contributed by atoms with Gasteiger partial charge in [-0.15, -0.1) is 5.10 Å². The van der Waals surface area contributed by atoms with E-state index in [9.17, 15) is 4.79 Å². The number of ether oxygens (including phenoxy) is 1. The molecule has 0 N–H and O–H groups in total. The molecule has 0 aromatic carbocycles. The Morgan fingerprint density at radius 2 is 2.11 bits per heavy atom. The fourth-order valence-corrected chi connectivity index (χ4v) is 1.85. The first-order chi connectivity index (χ1) is 8.41. The second kappa shape index (κ2) is 6.09. The lowest BCUT2D eigenvalue weighted by atomic mass is 9.85. The van der Waals surface area contributed by atoms with Gasteiger partial charge in [-0.2, -0.15) is 0 Å². The number of ketones is 1. The smallest absolute Gasteiger partial charge is 0.211 e. The minimum atomic E-state index is -0.461. The van der Waals surface area contributed by atoms with Crippen molar-refractivity contribution in [3.63, 3.8) is 0 Å². The Balaban J connectivity index is 2.98. The fraction of sp³-hybridized carbons (Fsp3) is 0.769. The van der Waals surface area contributed by atoms with Gasteiger partial charge in [0.1, 0.15) is 11.8 Å². The van der Waals surface area contributed by atoms with Crippen molar-refractivity contribution in [2.75, 3.05) is 6.61 Å². The summed E-state index contributed by atoms with van der Waals surface area (Å²) in [5.41, 5.74) is 0.291. The van der Waals surface area contributed by atoms with Crippen LogP contribution in [-0.4, -0.2) is 33.5 Å². The number of carbonyl (C=O) groups is 1. The van der Waals surface area contributed by atoms with Gasteiger partial charge in [-0.3, -0.25) is 4.79 Å². The first kappa shape index (κ1) is 14.8. The highest BCUT2D eigenvalue weighted by Crippen LogP contribution is 2.25. The van der Waals surface area contributed by atoms with Crippen LogP contribution in [0.15, 0.2) is 6.20 Å². The summed E-state index contributed by atoms with van der Waals surface area (Å²) in [5, 5.41) is 7.76. The van der Waals surface area contributed by atoms with Gasteiger partial charge in [0, 0.05) is 13.2 Å². The molecule has 0 bridgehead atoms. The molecule has 1 unspecified atom stereocenters. The summed E-state index contributed by atoms with van der Waals surface area (Å²) in [7, 11) is 0. The van der Waals surface area contributed by atoms with Crippen LogP contribution in [0, 0.1) is 5.41 Å². The molecular weight excluding hydrogens is 230 g/mol. The molecule has 0 fully saturated rings. The molecule has 0 saturated heterocycles. The zero-order valence-corrected chi connectivity index (χ0v) is 11.9. The van der Waals surface area contributed by atoms with Crippen LogP contribution in [0.1, 0.15) is 51.5 Å². The van der Waals surface area contributed by atoms with Crippen molar-refractivity contribution in [2.45, 2.75) is 53.7 Å². The van der Waals surface area contributed by atoms with Gasteiger partial charge >= 0.3 is 0 Å².